The van der Waals surface area contributed by atoms with Gasteiger partial charge in [-0.2, -0.15) is 0 Å². The highest BCUT2D eigenvalue weighted by atomic mass is 19.1. The molecule has 1 aliphatic heterocycles. The number of carbonyl (C=O) groups is 1. The summed E-state index contributed by atoms with van der Waals surface area (Å²) in [5.41, 5.74) is -0.188. The minimum atomic E-state index is -1.28. The molecule has 25 heavy (non-hydrogen) atoms. The van der Waals surface area contributed by atoms with Crippen LogP contribution in [0.4, 0.5) is 4.39 Å². The van der Waals surface area contributed by atoms with Gasteiger partial charge >= 0.3 is 5.97 Å². The standard InChI is InChI=1S/C18H20FN3O3/c19-14-9-12-15(3-4-16(14)21-7-5-20-6-8-21)22(11-1-2-11)10-13(17(12)23)18(24)25/h3-4,9-11,16,20H,1-2,5-8H2,(H,24,25). The highest BCUT2D eigenvalue weighted by Crippen LogP contribution is 2.37. The Morgan fingerprint density at radius 3 is 2.64 bits per heavy atom. The normalized spacial score (nSPS) is 23.7. The lowest BCUT2D eigenvalue weighted by Crippen LogP contribution is -2.48. The Labute approximate surface area is 144 Å². The molecular formula is C18H20FN3O3. The number of halogens is 1. The number of rotatable bonds is 3. The van der Waals surface area contributed by atoms with E-state index in [1.165, 1.54) is 12.3 Å². The smallest absolute Gasteiger partial charge is 0.341 e. The number of aromatic nitrogens is 1. The van der Waals surface area contributed by atoms with Crippen LogP contribution in [0.15, 0.2) is 22.9 Å². The van der Waals surface area contributed by atoms with Crippen LogP contribution in [0.1, 0.15) is 40.5 Å². The average molecular weight is 345 g/mol. The van der Waals surface area contributed by atoms with Crippen LogP contribution in [0.2, 0.25) is 0 Å². The number of aromatic carboxylic acids is 1. The molecule has 4 rings (SSSR count). The van der Waals surface area contributed by atoms with E-state index >= 15 is 0 Å². The largest absolute Gasteiger partial charge is 0.477 e. The van der Waals surface area contributed by atoms with Gasteiger partial charge in [0.1, 0.15) is 11.4 Å². The predicted molar refractivity (Wildman–Crippen MR) is 92.3 cm³/mol. The zero-order valence-electron chi connectivity index (χ0n) is 13.7. The van der Waals surface area contributed by atoms with E-state index in [-0.39, 0.29) is 17.2 Å². The number of nitrogens with zero attached hydrogens (tertiary/aromatic N) is 2. The van der Waals surface area contributed by atoms with Gasteiger partial charge in [-0.25, -0.2) is 9.18 Å². The quantitative estimate of drug-likeness (QED) is 0.868. The summed E-state index contributed by atoms with van der Waals surface area (Å²) < 4.78 is 16.7. The van der Waals surface area contributed by atoms with Gasteiger partial charge in [0, 0.05) is 44.0 Å². The summed E-state index contributed by atoms with van der Waals surface area (Å²) >= 11 is 0. The Kier molecular flexibility index (Phi) is 4.05. The molecule has 6 nitrogen and oxygen atoms in total. The lowest BCUT2D eigenvalue weighted by atomic mass is 10.1. The molecule has 1 aromatic rings. The van der Waals surface area contributed by atoms with Crippen LogP contribution in [-0.2, 0) is 0 Å². The molecule has 2 heterocycles. The molecule has 0 radical (unpaired) electrons. The van der Waals surface area contributed by atoms with Gasteiger partial charge in [0.2, 0.25) is 5.43 Å². The van der Waals surface area contributed by atoms with Crippen molar-refractivity contribution >= 4 is 18.1 Å². The molecule has 0 aromatic carbocycles. The Morgan fingerprint density at radius 1 is 1.28 bits per heavy atom. The average Bonchev–Trinajstić information content (AvgIpc) is 3.43. The van der Waals surface area contributed by atoms with Crippen LogP contribution < -0.4 is 10.7 Å². The monoisotopic (exact) mass is 345 g/mol. The van der Waals surface area contributed by atoms with Crippen LogP contribution in [0.25, 0.3) is 12.2 Å². The zero-order chi connectivity index (χ0) is 17.6. The molecule has 132 valence electrons. The highest BCUT2D eigenvalue weighted by Gasteiger charge is 2.30. The first kappa shape index (κ1) is 16.2. The van der Waals surface area contributed by atoms with Gasteiger partial charge in [-0.05, 0) is 25.0 Å². The van der Waals surface area contributed by atoms with Crippen molar-refractivity contribution < 1.29 is 14.3 Å². The fourth-order valence-corrected chi connectivity index (χ4v) is 3.54. The first-order chi connectivity index (χ1) is 12.1. The number of nitrogens with one attached hydrogen (secondary N) is 1. The maximum absolute atomic E-state index is 14.9. The maximum atomic E-state index is 14.9. The van der Waals surface area contributed by atoms with E-state index in [0.29, 0.717) is 5.69 Å². The van der Waals surface area contributed by atoms with Crippen molar-refractivity contribution in [3.63, 3.8) is 0 Å². The zero-order valence-corrected chi connectivity index (χ0v) is 13.7. The molecule has 1 atom stereocenters. The molecular weight excluding hydrogens is 325 g/mol. The second-order valence-corrected chi connectivity index (χ2v) is 6.73. The van der Waals surface area contributed by atoms with Gasteiger partial charge in [0.25, 0.3) is 0 Å². The third kappa shape index (κ3) is 2.94. The Balaban J connectivity index is 1.83. The van der Waals surface area contributed by atoms with E-state index in [1.807, 2.05) is 9.47 Å². The van der Waals surface area contributed by atoms with Crippen molar-refractivity contribution in [1.82, 2.24) is 14.8 Å². The maximum Gasteiger partial charge on any atom is 0.341 e. The van der Waals surface area contributed by atoms with Gasteiger partial charge in [-0.1, -0.05) is 6.08 Å². The van der Waals surface area contributed by atoms with Crippen molar-refractivity contribution in [3.05, 3.63) is 45.1 Å². The van der Waals surface area contributed by atoms with Gasteiger partial charge in [-0.3, -0.25) is 9.69 Å². The Bertz CT molecular complexity index is 833. The van der Waals surface area contributed by atoms with Crippen LogP contribution in [-0.4, -0.2) is 52.8 Å². The predicted octanol–water partition coefficient (Wildman–Crippen LogP) is 1.49. The molecule has 0 spiro atoms. The van der Waals surface area contributed by atoms with E-state index in [9.17, 15) is 19.1 Å². The van der Waals surface area contributed by atoms with Crippen molar-refractivity contribution in [1.29, 1.82) is 0 Å². The molecule has 0 amide bonds. The van der Waals surface area contributed by atoms with Crippen molar-refractivity contribution in [2.24, 2.45) is 0 Å². The van der Waals surface area contributed by atoms with Crippen LogP contribution in [0.5, 0.6) is 0 Å². The summed E-state index contributed by atoms with van der Waals surface area (Å²) in [6.07, 6.45) is 8.07. The topological polar surface area (TPSA) is 74.6 Å². The molecule has 0 bridgehead atoms. The molecule has 1 saturated carbocycles. The number of fused-ring (bicyclic) bond motifs is 1. The van der Waals surface area contributed by atoms with Gasteiger partial charge in [-0.15, -0.1) is 0 Å². The Morgan fingerprint density at radius 2 is 2.00 bits per heavy atom. The summed E-state index contributed by atoms with van der Waals surface area (Å²) in [4.78, 5) is 26.0. The van der Waals surface area contributed by atoms with Gasteiger partial charge < -0.3 is 15.0 Å². The van der Waals surface area contributed by atoms with E-state index in [0.717, 1.165) is 39.0 Å². The Hall–Kier alpha value is -2.25. The van der Waals surface area contributed by atoms with E-state index in [4.69, 9.17) is 0 Å². The summed E-state index contributed by atoms with van der Waals surface area (Å²) in [6.45, 7) is 3.03. The van der Waals surface area contributed by atoms with Crippen LogP contribution >= 0.6 is 0 Å². The van der Waals surface area contributed by atoms with Crippen LogP contribution in [0, 0.1) is 0 Å². The number of carboxylic acid groups (broad SMARTS) is 1. The third-order valence-corrected chi connectivity index (χ3v) is 5.03. The number of pyridine rings is 1. The van der Waals surface area contributed by atoms with Crippen molar-refractivity contribution in [2.45, 2.75) is 24.9 Å². The van der Waals surface area contributed by atoms with Crippen molar-refractivity contribution in [2.75, 3.05) is 26.2 Å². The lowest BCUT2D eigenvalue weighted by molar-refractivity contribution is 0.0694. The number of hydrogen-bond donors (Lipinski definition) is 2. The molecule has 1 aromatic heterocycles. The minimum Gasteiger partial charge on any atom is -0.477 e. The number of carboxylic acids is 1. The molecule has 1 saturated heterocycles. The highest BCUT2D eigenvalue weighted by molar-refractivity contribution is 5.88. The molecule has 3 aliphatic rings. The van der Waals surface area contributed by atoms with Crippen LogP contribution in [0.3, 0.4) is 0 Å². The lowest BCUT2D eigenvalue weighted by Gasteiger charge is -2.32. The number of piperazine rings is 1. The molecule has 2 N–H and O–H groups in total. The van der Waals surface area contributed by atoms with E-state index in [2.05, 4.69) is 5.32 Å². The SMILES string of the molecule is O=C(O)c1cn(C2CC2)c2c(c1=O)C=C(F)C(N1CCNCC1)C=C2. The third-order valence-electron chi connectivity index (χ3n) is 5.03. The summed E-state index contributed by atoms with van der Waals surface area (Å²) in [7, 11) is 0. The molecule has 2 fully saturated rings. The molecule has 1 unspecified atom stereocenters. The molecule has 2 aliphatic carbocycles. The first-order valence-corrected chi connectivity index (χ1v) is 8.59. The van der Waals surface area contributed by atoms with Gasteiger partial charge in [0.15, 0.2) is 0 Å². The fraction of sp³-hybridized carbons (Fsp3) is 0.444. The fourth-order valence-electron chi connectivity index (χ4n) is 3.54. The van der Waals surface area contributed by atoms with Gasteiger partial charge in [0.05, 0.1) is 11.7 Å². The minimum absolute atomic E-state index is 0.137. The van der Waals surface area contributed by atoms with E-state index in [1.54, 1.807) is 12.2 Å². The summed E-state index contributed by atoms with van der Waals surface area (Å²) in [5.74, 6) is -1.69. The summed E-state index contributed by atoms with van der Waals surface area (Å²) in [6, 6.07) is -0.334. The molecule has 7 heteroatoms. The second-order valence-electron chi connectivity index (χ2n) is 6.73. The van der Waals surface area contributed by atoms with E-state index < -0.39 is 23.3 Å². The number of hydrogen-bond acceptors (Lipinski definition) is 4. The van der Waals surface area contributed by atoms with Crippen molar-refractivity contribution in [3.8, 4) is 0 Å². The summed E-state index contributed by atoms with van der Waals surface area (Å²) in [5, 5.41) is 12.6. The second kappa shape index (κ2) is 6.24. The first-order valence-electron chi connectivity index (χ1n) is 8.59.